The molecule has 0 bridgehead atoms. The van der Waals surface area contributed by atoms with E-state index in [2.05, 4.69) is 40.1 Å². The van der Waals surface area contributed by atoms with E-state index in [0.29, 0.717) is 12.0 Å². The molecule has 1 aliphatic heterocycles. The first-order valence-corrected chi connectivity index (χ1v) is 9.60. The standard InChI is InChI=1S/C19H29N5O/c1-3-24-13-16(12-22-24)18-15(5-4-10-25-18)11-21-17(14-6-7-14)19-20-8-9-23(19)2/h8-9,12-15,17-18,21H,3-7,10-11H2,1-2H3/t15-,17?,18+/m0/s1. The number of imidazole rings is 1. The third kappa shape index (κ3) is 3.65. The van der Waals surface area contributed by atoms with Crippen molar-refractivity contribution in [1.29, 1.82) is 0 Å². The molecule has 1 aliphatic carbocycles. The Morgan fingerprint density at radius 3 is 2.92 bits per heavy atom. The lowest BCUT2D eigenvalue weighted by molar-refractivity contribution is -0.0288. The van der Waals surface area contributed by atoms with E-state index in [1.54, 1.807) is 0 Å². The van der Waals surface area contributed by atoms with Crippen LogP contribution in [0.3, 0.4) is 0 Å². The number of hydrogen-bond acceptors (Lipinski definition) is 4. The molecular weight excluding hydrogens is 314 g/mol. The van der Waals surface area contributed by atoms with Gasteiger partial charge in [0.1, 0.15) is 5.82 Å². The smallest absolute Gasteiger partial charge is 0.125 e. The summed E-state index contributed by atoms with van der Waals surface area (Å²) in [6.45, 7) is 4.84. The van der Waals surface area contributed by atoms with Gasteiger partial charge in [0.05, 0.1) is 18.3 Å². The average molecular weight is 343 g/mol. The summed E-state index contributed by atoms with van der Waals surface area (Å²) < 4.78 is 10.3. The van der Waals surface area contributed by atoms with E-state index >= 15 is 0 Å². The molecule has 1 N–H and O–H groups in total. The van der Waals surface area contributed by atoms with Crippen molar-refractivity contribution in [2.45, 2.75) is 51.3 Å². The molecule has 2 aliphatic rings. The zero-order valence-corrected chi connectivity index (χ0v) is 15.3. The molecule has 4 rings (SSSR count). The van der Waals surface area contributed by atoms with Crippen LogP contribution in [-0.2, 0) is 18.3 Å². The Morgan fingerprint density at radius 1 is 1.36 bits per heavy atom. The van der Waals surface area contributed by atoms with Crippen molar-refractivity contribution in [2.24, 2.45) is 18.9 Å². The van der Waals surface area contributed by atoms with Crippen LogP contribution in [0.1, 0.15) is 56.1 Å². The van der Waals surface area contributed by atoms with Gasteiger partial charge in [-0.15, -0.1) is 0 Å². The van der Waals surface area contributed by atoms with Crippen LogP contribution in [0, 0.1) is 11.8 Å². The van der Waals surface area contributed by atoms with Gasteiger partial charge in [0.2, 0.25) is 0 Å². The van der Waals surface area contributed by atoms with E-state index in [1.807, 2.05) is 23.3 Å². The van der Waals surface area contributed by atoms with Crippen LogP contribution < -0.4 is 5.32 Å². The summed E-state index contributed by atoms with van der Waals surface area (Å²) in [5.74, 6) is 2.38. The third-order valence-electron chi connectivity index (χ3n) is 5.58. The Balaban J connectivity index is 1.45. The van der Waals surface area contributed by atoms with Crippen molar-refractivity contribution in [2.75, 3.05) is 13.2 Å². The highest BCUT2D eigenvalue weighted by Gasteiger charge is 2.36. The van der Waals surface area contributed by atoms with Crippen molar-refractivity contribution in [1.82, 2.24) is 24.6 Å². The lowest BCUT2D eigenvalue weighted by Gasteiger charge is -2.32. The summed E-state index contributed by atoms with van der Waals surface area (Å²) in [5, 5.41) is 8.26. The zero-order valence-electron chi connectivity index (χ0n) is 15.3. The van der Waals surface area contributed by atoms with Crippen molar-refractivity contribution < 1.29 is 4.74 Å². The minimum Gasteiger partial charge on any atom is -0.373 e. The van der Waals surface area contributed by atoms with Crippen LogP contribution in [0.5, 0.6) is 0 Å². The fourth-order valence-corrected chi connectivity index (χ4v) is 3.97. The molecule has 0 radical (unpaired) electrons. The Bertz CT molecular complexity index is 690. The summed E-state index contributed by atoms with van der Waals surface area (Å²) in [7, 11) is 2.09. The van der Waals surface area contributed by atoms with Crippen molar-refractivity contribution in [3.8, 4) is 0 Å². The second-order valence-electron chi connectivity index (χ2n) is 7.44. The third-order valence-corrected chi connectivity index (χ3v) is 5.58. The molecule has 1 saturated carbocycles. The maximum Gasteiger partial charge on any atom is 0.125 e. The van der Waals surface area contributed by atoms with Gasteiger partial charge in [-0.05, 0) is 38.5 Å². The van der Waals surface area contributed by atoms with Crippen molar-refractivity contribution >= 4 is 0 Å². The molecule has 1 saturated heterocycles. The van der Waals surface area contributed by atoms with Gasteiger partial charge >= 0.3 is 0 Å². The number of ether oxygens (including phenoxy) is 1. The highest BCUT2D eigenvalue weighted by molar-refractivity contribution is 5.11. The maximum atomic E-state index is 6.14. The fraction of sp³-hybridized carbons (Fsp3) is 0.684. The van der Waals surface area contributed by atoms with E-state index in [9.17, 15) is 0 Å². The number of hydrogen-bond donors (Lipinski definition) is 1. The molecule has 0 amide bonds. The summed E-state index contributed by atoms with van der Waals surface area (Å²) in [6.07, 6.45) is 13.2. The summed E-state index contributed by atoms with van der Waals surface area (Å²) in [6, 6.07) is 0.362. The van der Waals surface area contributed by atoms with E-state index in [4.69, 9.17) is 4.74 Å². The van der Waals surface area contributed by atoms with E-state index in [-0.39, 0.29) is 6.10 Å². The molecule has 2 aromatic heterocycles. The van der Waals surface area contributed by atoms with Gasteiger partial charge in [0, 0.05) is 56.8 Å². The van der Waals surface area contributed by atoms with Gasteiger partial charge in [-0.1, -0.05) is 0 Å². The first-order valence-electron chi connectivity index (χ1n) is 9.60. The van der Waals surface area contributed by atoms with E-state index in [1.165, 1.54) is 24.8 Å². The largest absolute Gasteiger partial charge is 0.373 e. The van der Waals surface area contributed by atoms with Gasteiger partial charge in [0.15, 0.2) is 0 Å². The van der Waals surface area contributed by atoms with Crippen LogP contribution in [0.25, 0.3) is 0 Å². The SMILES string of the molecule is CCn1cc([C@@H]2OCCC[C@H]2CNC(c2nccn2C)C2CC2)cn1. The number of aromatic nitrogens is 4. The first kappa shape index (κ1) is 16.8. The number of rotatable bonds is 7. The molecule has 3 heterocycles. The van der Waals surface area contributed by atoms with Gasteiger partial charge in [-0.2, -0.15) is 5.10 Å². The molecule has 0 aromatic carbocycles. The summed E-state index contributed by atoms with van der Waals surface area (Å²) in [5.41, 5.74) is 1.22. The molecule has 136 valence electrons. The number of nitrogens with zero attached hydrogens (tertiary/aromatic N) is 4. The minimum absolute atomic E-state index is 0.155. The second-order valence-corrected chi connectivity index (χ2v) is 7.44. The van der Waals surface area contributed by atoms with Crippen LogP contribution in [-0.4, -0.2) is 32.5 Å². The van der Waals surface area contributed by atoms with Crippen LogP contribution >= 0.6 is 0 Å². The van der Waals surface area contributed by atoms with Gasteiger partial charge < -0.3 is 14.6 Å². The van der Waals surface area contributed by atoms with Gasteiger partial charge in [-0.3, -0.25) is 4.68 Å². The highest BCUT2D eigenvalue weighted by atomic mass is 16.5. The lowest BCUT2D eigenvalue weighted by Crippen LogP contribution is -2.35. The normalized spacial score (nSPS) is 25.2. The Hall–Kier alpha value is -1.66. The van der Waals surface area contributed by atoms with E-state index in [0.717, 1.165) is 37.9 Å². The van der Waals surface area contributed by atoms with Crippen LogP contribution in [0.15, 0.2) is 24.8 Å². The van der Waals surface area contributed by atoms with Crippen LogP contribution in [0.4, 0.5) is 0 Å². The van der Waals surface area contributed by atoms with E-state index < -0.39 is 0 Å². The average Bonchev–Trinajstić information content (AvgIpc) is 3.20. The van der Waals surface area contributed by atoms with Crippen molar-refractivity contribution in [3.05, 3.63) is 36.2 Å². The highest BCUT2D eigenvalue weighted by Crippen LogP contribution is 2.41. The quantitative estimate of drug-likeness (QED) is 0.840. The van der Waals surface area contributed by atoms with Gasteiger partial charge in [0.25, 0.3) is 0 Å². The summed E-state index contributed by atoms with van der Waals surface area (Å²) >= 11 is 0. The molecule has 6 nitrogen and oxygen atoms in total. The van der Waals surface area contributed by atoms with Crippen LogP contribution in [0.2, 0.25) is 0 Å². The topological polar surface area (TPSA) is 56.9 Å². The Kier molecular flexibility index (Phi) is 4.90. The lowest BCUT2D eigenvalue weighted by atomic mass is 9.90. The summed E-state index contributed by atoms with van der Waals surface area (Å²) in [4.78, 5) is 4.59. The second kappa shape index (κ2) is 7.30. The molecule has 6 heteroatoms. The predicted octanol–water partition coefficient (Wildman–Crippen LogP) is 2.85. The number of aryl methyl sites for hydroxylation is 2. The predicted molar refractivity (Wildman–Crippen MR) is 96.0 cm³/mol. The Labute approximate surface area is 149 Å². The fourth-order valence-electron chi connectivity index (χ4n) is 3.97. The molecular formula is C19H29N5O. The minimum atomic E-state index is 0.155. The number of nitrogens with one attached hydrogen (secondary N) is 1. The molecule has 1 unspecified atom stereocenters. The van der Waals surface area contributed by atoms with Crippen molar-refractivity contribution in [3.63, 3.8) is 0 Å². The van der Waals surface area contributed by atoms with Gasteiger partial charge in [-0.25, -0.2) is 4.98 Å². The monoisotopic (exact) mass is 343 g/mol. The maximum absolute atomic E-state index is 6.14. The zero-order chi connectivity index (χ0) is 17.2. The first-order chi connectivity index (χ1) is 12.3. The molecule has 2 aromatic rings. The molecule has 25 heavy (non-hydrogen) atoms. The molecule has 3 atom stereocenters. The molecule has 0 spiro atoms. The Morgan fingerprint density at radius 2 is 2.24 bits per heavy atom. The molecule has 2 fully saturated rings.